The van der Waals surface area contributed by atoms with Gasteiger partial charge in [-0.2, -0.15) is 0 Å². The lowest BCUT2D eigenvalue weighted by Gasteiger charge is -2.26. The Balaban J connectivity index is 1.96. The van der Waals surface area contributed by atoms with Gasteiger partial charge in [-0.1, -0.05) is 0 Å². The summed E-state index contributed by atoms with van der Waals surface area (Å²) in [6.45, 7) is 2.05. The van der Waals surface area contributed by atoms with E-state index in [0.29, 0.717) is 17.7 Å². The third-order valence-electron chi connectivity index (χ3n) is 3.22. The van der Waals surface area contributed by atoms with Crippen molar-refractivity contribution in [3.05, 3.63) is 16.1 Å². The van der Waals surface area contributed by atoms with Gasteiger partial charge in [0, 0.05) is 17.2 Å². The number of rotatable bonds is 2. The predicted octanol–water partition coefficient (Wildman–Crippen LogP) is 2.66. The highest BCUT2D eigenvalue weighted by Gasteiger charge is 2.25. The first kappa shape index (κ1) is 10.6. The Morgan fingerprint density at radius 2 is 2.13 bits per heavy atom. The average molecular weight is 223 g/mol. The topological polar surface area (TPSA) is 62.8 Å². The molecule has 1 fully saturated rings. The molecule has 2 rings (SSSR count). The van der Waals surface area contributed by atoms with Crippen LogP contribution < -0.4 is 5.73 Å². The highest BCUT2D eigenvalue weighted by Crippen LogP contribution is 2.35. The van der Waals surface area contributed by atoms with Crippen LogP contribution in [-0.4, -0.2) is 10.8 Å². The smallest absolute Gasteiger partial charge is 0.0936 e. The molecular weight excluding hydrogens is 206 g/mol. The Labute approximate surface area is 94.2 Å². The summed E-state index contributed by atoms with van der Waals surface area (Å²) >= 11 is 1.73. The number of hydrogen-bond acceptors (Lipinski definition) is 3. The fourth-order valence-corrected chi connectivity index (χ4v) is 2.96. The Morgan fingerprint density at radius 1 is 1.47 bits per heavy atom. The molecule has 4 heteroatoms. The lowest BCUT2D eigenvalue weighted by Crippen LogP contribution is -2.26. The first-order chi connectivity index (χ1) is 7.16. The lowest BCUT2D eigenvalue weighted by molar-refractivity contribution is 0.385. The van der Waals surface area contributed by atoms with E-state index in [-0.39, 0.29) is 0 Å². The van der Waals surface area contributed by atoms with Gasteiger partial charge in [0.1, 0.15) is 0 Å². The molecule has 15 heavy (non-hydrogen) atoms. The van der Waals surface area contributed by atoms with E-state index in [4.69, 9.17) is 11.1 Å². The minimum absolute atomic E-state index is 0.320. The molecule has 82 valence electrons. The van der Waals surface area contributed by atoms with Crippen LogP contribution in [0, 0.1) is 18.3 Å². The van der Waals surface area contributed by atoms with Gasteiger partial charge >= 0.3 is 0 Å². The van der Waals surface area contributed by atoms with Crippen LogP contribution in [0.1, 0.15) is 42.3 Å². The van der Waals surface area contributed by atoms with Crippen molar-refractivity contribution in [3.8, 4) is 0 Å². The van der Waals surface area contributed by atoms with Crippen molar-refractivity contribution in [2.75, 3.05) is 0 Å². The summed E-state index contributed by atoms with van der Waals surface area (Å²) in [7, 11) is 0. The molecule has 0 bridgehead atoms. The molecule has 1 aromatic rings. The van der Waals surface area contributed by atoms with E-state index < -0.39 is 0 Å². The second-order valence-corrected chi connectivity index (χ2v) is 5.36. The maximum Gasteiger partial charge on any atom is 0.0936 e. The summed E-state index contributed by atoms with van der Waals surface area (Å²) in [5.41, 5.74) is 6.77. The van der Waals surface area contributed by atoms with Crippen molar-refractivity contribution in [2.24, 2.45) is 11.7 Å². The number of nitrogens with two attached hydrogens (primary N) is 1. The van der Waals surface area contributed by atoms with Gasteiger partial charge in [0.05, 0.1) is 16.5 Å². The van der Waals surface area contributed by atoms with E-state index in [1.807, 2.05) is 0 Å². The molecule has 0 aliphatic heterocycles. The quantitative estimate of drug-likeness (QED) is 0.598. The number of amidine groups is 1. The molecule has 1 aliphatic carbocycles. The molecule has 0 amide bonds. The van der Waals surface area contributed by atoms with Crippen LogP contribution in [0.4, 0.5) is 0 Å². The van der Waals surface area contributed by atoms with E-state index in [2.05, 4.69) is 17.3 Å². The van der Waals surface area contributed by atoms with E-state index in [0.717, 1.165) is 30.7 Å². The molecule has 1 aliphatic rings. The summed E-state index contributed by atoms with van der Waals surface area (Å²) in [5.74, 6) is 1.29. The Morgan fingerprint density at radius 3 is 2.60 bits per heavy atom. The van der Waals surface area contributed by atoms with Gasteiger partial charge in [-0.3, -0.25) is 5.41 Å². The van der Waals surface area contributed by atoms with Gasteiger partial charge in [-0.25, -0.2) is 4.98 Å². The molecule has 0 radical (unpaired) electrons. The Hall–Kier alpha value is -0.900. The van der Waals surface area contributed by atoms with E-state index in [9.17, 15) is 0 Å². The van der Waals surface area contributed by atoms with Crippen LogP contribution >= 0.6 is 11.3 Å². The first-order valence-corrected chi connectivity index (χ1v) is 6.30. The normalized spacial score (nSPS) is 26.5. The highest BCUT2D eigenvalue weighted by atomic mass is 32.1. The Bertz CT molecular complexity index is 350. The number of aromatic nitrogens is 1. The molecule has 1 aromatic heterocycles. The molecule has 0 atom stereocenters. The summed E-state index contributed by atoms with van der Waals surface area (Å²) in [6.07, 6.45) is 4.37. The number of nitrogens with one attached hydrogen (secondary N) is 1. The monoisotopic (exact) mass is 223 g/mol. The first-order valence-electron chi connectivity index (χ1n) is 5.42. The standard InChI is InChI=1S/C11H17N3S/c1-7-14-10(6-15-7)8-2-4-9(5-3-8)11(12)13/h6,8-9H,2-5H2,1H3,(H3,12,13). The maximum atomic E-state index is 7.43. The molecule has 1 saturated carbocycles. The minimum Gasteiger partial charge on any atom is -0.387 e. The van der Waals surface area contributed by atoms with Crippen LogP contribution in [0.5, 0.6) is 0 Å². The van der Waals surface area contributed by atoms with Crippen molar-refractivity contribution >= 4 is 17.2 Å². The lowest BCUT2D eigenvalue weighted by atomic mass is 9.80. The van der Waals surface area contributed by atoms with Crippen molar-refractivity contribution in [1.29, 1.82) is 5.41 Å². The van der Waals surface area contributed by atoms with Crippen LogP contribution in [0.25, 0.3) is 0 Å². The molecule has 3 N–H and O–H groups in total. The predicted molar refractivity (Wildman–Crippen MR) is 63.5 cm³/mol. The zero-order valence-electron chi connectivity index (χ0n) is 8.99. The van der Waals surface area contributed by atoms with Crippen LogP contribution in [0.15, 0.2) is 5.38 Å². The third kappa shape index (κ3) is 2.37. The second-order valence-electron chi connectivity index (χ2n) is 4.30. The third-order valence-corrected chi connectivity index (χ3v) is 4.01. The molecule has 0 saturated heterocycles. The molecule has 0 aromatic carbocycles. The number of thiazole rings is 1. The maximum absolute atomic E-state index is 7.43. The van der Waals surface area contributed by atoms with Crippen molar-refractivity contribution < 1.29 is 0 Å². The molecule has 0 unspecified atom stereocenters. The van der Waals surface area contributed by atoms with E-state index in [1.54, 1.807) is 11.3 Å². The van der Waals surface area contributed by atoms with Crippen molar-refractivity contribution in [1.82, 2.24) is 4.98 Å². The van der Waals surface area contributed by atoms with Crippen LogP contribution in [0.2, 0.25) is 0 Å². The summed E-state index contributed by atoms with van der Waals surface area (Å²) in [4.78, 5) is 4.54. The number of nitrogens with zero attached hydrogens (tertiary/aromatic N) is 1. The molecule has 1 heterocycles. The number of hydrogen-bond donors (Lipinski definition) is 2. The zero-order valence-corrected chi connectivity index (χ0v) is 9.81. The SMILES string of the molecule is Cc1nc(C2CCC(C(=N)N)CC2)cs1. The van der Waals surface area contributed by atoms with Gasteiger partial charge in [0.15, 0.2) is 0 Å². The van der Waals surface area contributed by atoms with Crippen LogP contribution in [0.3, 0.4) is 0 Å². The van der Waals surface area contributed by atoms with Gasteiger partial charge < -0.3 is 5.73 Å². The average Bonchev–Trinajstić information content (AvgIpc) is 2.65. The van der Waals surface area contributed by atoms with Gasteiger partial charge in [-0.05, 0) is 32.6 Å². The molecule has 0 spiro atoms. The van der Waals surface area contributed by atoms with Gasteiger partial charge in [0.2, 0.25) is 0 Å². The van der Waals surface area contributed by atoms with E-state index >= 15 is 0 Å². The minimum atomic E-state index is 0.320. The largest absolute Gasteiger partial charge is 0.387 e. The Kier molecular flexibility index (Phi) is 3.05. The number of aryl methyl sites for hydroxylation is 1. The fraction of sp³-hybridized carbons (Fsp3) is 0.636. The van der Waals surface area contributed by atoms with E-state index in [1.165, 1.54) is 5.69 Å². The summed E-state index contributed by atoms with van der Waals surface area (Å²) in [5, 5.41) is 10.8. The van der Waals surface area contributed by atoms with Crippen molar-refractivity contribution in [3.63, 3.8) is 0 Å². The van der Waals surface area contributed by atoms with Gasteiger partial charge in [0.25, 0.3) is 0 Å². The zero-order chi connectivity index (χ0) is 10.8. The molecule has 3 nitrogen and oxygen atoms in total. The summed E-state index contributed by atoms with van der Waals surface area (Å²) in [6, 6.07) is 0. The summed E-state index contributed by atoms with van der Waals surface area (Å²) < 4.78 is 0. The molecular formula is C11H17N3S. The van der Waals surface area contributed by atoms with Crippen LogP contribution in [-0.2, 0) is 0 Å². The second kappa shape index (κ2) is 4.31. The van der Waals surface area contributed by atoms with Crippen molar-refractivity contribution in [2.45, 2.75) is 38.5 Å². The fourth-order valence-electron chi connectivity index (χ4n) is 2.27. The highest BCUT2D eigenvalue weighted by molar-refractivity contribution is 7.09. The van der Waals surface area contributed by atoms with Gasteiger partial charge in [-0.15, -0.1) is 11.3 Å².